The number of aromatic nitrogens is 1. The van der Waals surface area contributed by atoms with Crippen LogP contribution in [0.1, 0.15) is 26.4 Å². The van der Waals surface area contributed by atoms with Crippen LogP contribution in [0.2, 0.25) is 0 Å². The Hall–Kier alpha value is -4.07. The molecule has 0 saturated carbocycles. The molecule has 0 N–H and O–H groups in total. The Kier molecular flexibility index (Phi) is 6.44. The number of hydrogen-bond acceptors (Lipinski definition) is 6. The summed E-state index contributed by atoms with van der Waals surface area (Å²) in [7, 11) is 1.61. The van der Waals surface area contributed by atoms with E-state index in [2.05, 4.69) is 0 Å². The molecule has 0 radical (unpaired) electrons. The molecule has 0 fully saturated rings. The quantitative estimate of drug-likeness (QED) is 0.468. The van der Waals surface area contributed by atoms with Gasteiger partial charge >= 0.3 is 0 Å². The molecule has 0 saturated heterocycles. The summed E-state index contributed by atoms with van der Waals surface area (Å²) in [4.78, 5) is 38.4. The Labute approximate surface area is 190 Å². The maximum atomic E-state index is 12.5. The number of methoxy groups -OCH3 is 1. The van der Waals surface area contributed by atoms with Crippen LogP contribution in [0.4, 0.5) is 0 Å². The molecule has 2 heterocycles. The second-order valence-corrected chi connectivity index (χ2v) is 7.47. The van der Waals surface area contributed by atoms with Gasteiger partial charge in [0.25, 0.3) is 11.8 Å². The molecule has 0 unspecified atom stereocenters. The highest BCUT2D eigenvalue weighted by Gasteiger charge is 2.34. The van der Waals surface area contributed by atoms with Crippen LogP contribution >= 0.6 is 0 Å². The van der Waals surface area contributed by atoms with Gasteiger partial charge in [0.2, 0.25) is 5.43 Å². The fourth-order valence-electron chi connectivity index (χ4n) is 3.69. The molecular weight excluding hydrogens is 424 g/mol. The number of hydrogen-bond donors (Lipinski definition) is 0. The number of pyridine rings is 1. The number of imide groups is 1. The first kappa shape index (κ1) is 22.1. The van der Waals surface area contributed by atoms with Gasteiger partial charge in [0, 0.05) is 12.3 Å². The zero-order valence-electron chi connectivity index (χ0n) is 18.4. The van der Waals surface area contributed by atoms with E-state index >= 15 is 0 Å². The number of nitrogens with zero attached hydrogens (tertiary/aromatic N) is 2. The van der Waals surface area contributed by atoms with Crippen molar-refractivity contribution in [2.75, 3.05) is 26.9 Å². The van der Waals surface area contributed by atoms with Crippen LogP contribution in [-0.4, -0.2) is 48.1 Å². The van der Waals surface area contributed by atoms with Crippen molar-refractivity contribution in [2.24, 2.45) is 0 Å². The van der Waals surface area contributed by atoms with Crippen molar-refractivity contribution in [3.8, 4) is 17.2 Å². The van der Waals surface area contributed by atoms with Crippen LogP contribution in [0.25, 0.3) is 0 Å². The maximum Gasteiger partial charge on any atom is 0.261 e. The van der Waals surface area contributed by atoms with Crippen molar-refractivity contribution in [2.45, 2.75) is 13.5 Å². The lowest BCUT2D eigenvalue weighted by Crippen LogP contribution is -2.34. The third kappa shape index (κ3) is 4.59. The number of ether oxygens (including phenoxy) is 3. The van der Waals surface area contributed by atoms with Gasteiger partial charge in [-0.05, 0) is 43.3 Å². The molecule has 4 rings (SSSR count). The van der Waals surface area contributed by atoms with E-state index in [0.29, 0.717) is 35.7 Å². The summed E-state index contributed by atoms with van der Waals surface area (Å²) < 4.78 is 18.5. The van der Waals surface area contributed by atoms with Gasteiger partial charge in [-0.3, -0.25) is 19.3 Å². The van der Waals surface area contributed by atoms with Crippen molar-refractivity contribution in [1.82, 2.24) is 9.47 Å². The highest BCUT2D eigenvalue weighted by molar-refractivity contribution is 6.21. The molecule has 0 spiro atoms. The van der Waals surface area contributed by atoms with Crippen LogP contribution < -0.4 is 19.6 Å². The summed E-state index contributed by atoms with van der Waals surface area (Å²) in [5, 5.41) is 0. The Bertz CT molecular complexity index is 1200. The summed E-state index contributed by atoms with van der Waals surface area (Å²) in [5.74, 6) is 0.959. The zero-order chi connectivity index (χ0) is 23.4. The Balaban J connectivity index is 1.35. The second-order valence-electron chi connectivity index (χ2n) is 7.47. The lowest BCUT2D eigenvalue weighted by atomic mass is 10.1. The van der Waals surface area contributed by atoms with E-state index in [1.807, 2.05) is 28.8 Å². The van der Waals surface area contributed by atoms with Crippen molar-refractivity contribution < 1.29 is 23.8 Å². The number of fused-ring (bicyclic) bond motifs is 1. The van der Waals surface area contributed by atoms with Gasteiger partial charge in [0.1, 0.15) is 24.7 Å². The van der Waals surface area contributed by atoms with E-state index < -0.39 is 0 Å². The lowest BCUT2D eigenvalue weighted by Gasteiger charge is -2.17. The number of amides is 2. The predicted molar refractivity (Wildman–Crippen MR) is 121 cm³/mol. The summed E-state index contributed by atoms with van der Waals surface area (Å²) in [6, 6.07) is 15.4. The minimum Gasteiger partial charge on any atom is -0.497 e. The molecule has 2 aromatic carbocycles. The van der Waals surface area contributed by atoms with Crippen LogP contribution in [0.5, 0.6) is 17.2 Å². The fourth-order valence-corrected chi connectivity index (χ4v) is 3.69. The van der Waals surface area contributed by atoms with Crippen molar-refractivity contribution in [3.63, 3.8) is 0 Å². The third-order valence-corrected chi connectivity index (χ3v) is 5.49. The topological polar surface area (TPSA) is 87.1 Å². The van der Waals surface area contributed by atoms with Crippen LogP contribution in [-0.2, 0) is 6.54 Å². The third-order valence-electron chi connectivity index (χ3n) is 5.49. The molecule has 1 aliphatic heterocycles. The van der Waals surface area contributed by atoms with Crippen LogP contribution in [0.3, 0.4) is 0 Å². The monoisotopic (exact) mass is 448 g/mol. The number of rotatable bonds is 9. The first-order chi connectivity index (χ1) is 16.0. The normalized spacial score (nSPS) is 12.6. The minimum absolute atomic E-state index is 0.0217. The standard InChI is InChI=1S/C25H24N2O6/c1-17-23(33-16-14-27-24(29)20-5-3-4-6-21(20)25(27)30)22(28)11-12-26(17)13-15-32-19-9-7-18(31-2)8-10-19/h3-12H,13-16H2,1-2H3. The molecule has 0 bridgehead atoms. The molecule has 8 heteroatoms. The summed E-state index contributed by atoms with van der Waals surface area (Å²) >= 11 is 0. The smallest absolute Gasteiger partial charge is 0.261 e. The van der Waals surface area contributed by atoms with Crippen LogP contribution in [0, 0.1) is 6.92 Å². The average molecular weight is 448 g/mol. The van der Waals surface area contributed by atoms with E-state index in [-0.39, 0.29) is 36.1 Å². The van der Waals surface area contributed by atoms with Gasteiger partial charge in [-0.25, -0.2) is 0 Å². The fraction of sp³-hybridized carbons (Fsp3) is 0.240. The predicted octanol–water partition coefficient (Wildman–Crippen LogP) is 2.92. The largest absolute Gasteiger partial charge is 0.497 e. The van der Waals surface area contributed by atoms with E-state index in [9.17, 15) is 14.4 Å². The van der Waals surface area contributed by atoms with Gasteiger partial charge in [0.15, 0.2) is 5.75 Å². The molecule has 0 atom stereocenters. The molecule has 8 nitrogen and oxygen atoms in total. The van der Waals surface area contributed by atoms with Crippen LogP contribution in [0.15, 0.2) is 65.6 Å². The van der Waals surface area contributed by atoms with E-state index in [0.717, 1.165) is 10.6 Å². The molecule has 170 valence electrons. The molecule has 2 amide bonds. The van der Waals surface area contributed by atoms with Crippen molar-refractivity contribution in [3.05, 3.63) is 87.8 Å². The highest BCUT2D eigenvalue weighted by Crippen LogP contribution is 2.22. The molecule has 3 aromatic rings. The Morgan fingerprint density at radius 3 is 2.00 bits per heavy atom. The van der Waals surface area contributed by atoms with E-state index in [1.54, 1.807) is 44.5 Å². The van der Waals surface area contributed by atoms with Gasteiger partial charge in [-0.2, -0.15) is 0 Å². The molecule has 0 aliphatic carbocycles. The first-order valence-electron chi connectivity index (χ1n) is 10.5. The van der Waals surface area contributed by atoms with E-state index in [4.69, 9.17) is 14.2 Å². The van der Waals surface area contributed by atoms with Crippen molar-refractivity contribution in [1.29, 1.82) is 0 Å². The summed E-state index contributed by atoms with van der Waals surface area (Å²) in [6.07, 6.45) is 1.69. The number of benzene rings is 2. The molecule has 1 aromatic heterocycles. The van der Waals surface area contributed by atoms with Gasteiger partial charge in [0.05, 0.1) is 37.0 Å². The minimum atomic E-state index is -0.350. The summed E-state index contributed by atoms with van der Waals surface area (Å²) in [6.45, 7) is 2.76. The molecule has 1 aliphatic rings. The molecule has 33 heavy (non-hydrogen) atoms. The second kappa shape index (κ2) is 9.60. The van der Waals surface area contributed by atoms with Gasteiger partial charge < -0.3 is 18.8 Å². The lowest BCUT2D eigenvalue weighted by molar-refractivity contribution is 0.0630. The summed E-state index contributed by atoms with van der Waals surface area (Å²) in [5.41, 5.74) is 1.15. The SMILES string of the molecule is COc1ccc(OCCn2ccc(=O)c(OCCN3C(=O)c4ccccc4C3=O)c2C)cc1. The van der Waals surface area contributed by atoms with Crippen molar-refractivity contribution >= 4 is 11.8 Å². The Morgan fingerprint density at radius 1 is 0.758 bits per heavy atom. The average Bonchev–Trinajstić information content (AvgIpc) is 3.08. The number of carbonyl (C=O) groups excluding carboxylic acids is 2. The maximum absolute atomic E-state index is 12.5. The van der Waals surface area contributed by atoms with E-state index in [1.165, 1.54) is 6.07 Å². The zero-order valence-corrected chi connectivity index (χ0v) is 18.4. The first-order valence-corrected chi connectivity index (χ1v) is 10.5. The van der Waals surface area contributed by atoms with Gasteiger partial charge in [-0.1, -0.05) is 12.1 Å². The Morgan fingerprint density at radius 2 is 1.36 bits per heavy atom. The highest BCUT2D eigenvalue weighted by atomic mass is 16.5. The van der Waals surface area contributed by atoms with Gasteiger partial charge in [-0.15, -0.1) is 0 Å². The molecular formula is C25H24N2O6. The number of carbonyl (C=O) groups is 2.